The van der Waals surface area contributed by atoms with Crippen LogP contribution in [0, 0.1) is 6.92 Å². The predicted molar refractivity (Wildman–Crippen MR) is 95.9 cm³/mol. The second kappa shape index (κ2) is 6.04. The Morgan fingerprint density at radius 1 is 1.08 bits per heavy atom. The summed E-state index contributed by atoms with van der Waals surface area (Å²) in [5.74, 6) is 2.61. The summed E-state index contributed by atoms with van der Waals surface area (Å²) in [6.45, 7) is 2.59. The van der Waals surface area contributed by atoms with Gasteiger partial charge in [-0.05, 0) is 49.6 Å². The van der Waals surface area contributed by atoms with Gasteiger partial charge in [0.1, 0.15) is 29.7 Å². The van der Waals surface area contributed by atoms with E-state index >= 15 is 0 Å². The number of aromatic nitrogens is 2. The van der Waals surface area contributed by atoms with Crippen LogP contribution in [0.2, 0.25) is 0 Å². The number of nitrogens with two attached hydrogens (primary N) is 1. The van der Waals surface area contributed by atoms with E-state index in [1.165, 1.54) is 12.8 Å². The average Bonchev–Trinajstić information content (AvgIpc) is 3.40. The summed E-state index contributed by atoms with van der Waals surface area (Å²) >= 11 is 0. The molecule has 4 heteroatoms. The van der Waals surface area contributed by atoms with E-state index in [9.17, 15) is 0 Å². The molecule has 1 heterocycles. The van der Waals surface area contributed by atoms with Gasteiger partial charge in [-0.15, -0.1) is 0 Å². The summed E-state index contributed by atoms with van der Waals surface area (Å²) < 4.78 is 8.00. The first-order chi connectivity index (χ1) is 11.7. The number of hydrogen-bond acceptors (Lipinski definition) is 3. The molecule has 0 saturated heterocycles. The van der Waals surface area contributed by atoms with Gasteiger partial charge in [-0.3, -0.25) is 0 Å². The fourth-order valence-corrected chi connectivity index (χ4v) is 3.02. The molecular weight excluding hydrogens is 298 g/mol. The van der Waals surface area contributed by atoms with Crippen molar-refractivity contribution in [3.8, 4) is 17.0 Å². The fourth-order valence-electron chi connectivity index (χ4n) is 3.02. The van der Waals surface area contributed by atoms with Gasteiger partial charge in [0.25, 0.3) is 0 Å². The van der Waals surface area contributed by atoms with E-state index in [0.29, 0.717) is 12.6 Å². The monoisotopic (exact) mass is 319 g/mol. The van der Waals surface area contributed by atoms with Gasteiger partial charge in [-0.1, -0.05) is 30.3 Å². The van der Waals surface area contributed by atoms with Gasteiger partial charge in [0.15, 0.2) is 0 Å². The molecule has 0 aliphatic heterocycles. The fraction of sp³-hybridized carbons (Fsp3) is 0.250. The summed E-state index contributed by atoms with van der Waals surface area (Å²) in [5.41, 5.74) is 9.38. The van der Waals surface area contributed by atoms with Crippen molar-refractivity contribution >= 4 is 5.82 Å². The third kappa shape index (κ3) is 2.87. The van der Waals surface area contributed by atoms with E-state index in [0.717, 1.165) is 34.2 Å². The lowest BCUT2D eigenvalue weighted by Gasteiger charge is -2.08. The third-order valence-corrected chi connectivity index (χ3v) is 4.41. The van der Waals surface area contributed by atoms with Crippen LogP contribution in [0.25, 0.3) is 11.3 Å². The number of rotatable bonds is 5. The van der Waals surface area contributed by atoms with E-state index in [4.69, 9.17) is 10.5 Å². The van der Waals surface area contributed by atoms with E-state index in [2.05, 4.69) is 21.7 Å². The molecule has 4 nitrogen and oxygen atoms in total. The van der Waals surface area contributed by atoms with Gasteiger partial charge in [0.2, 0.25) is 0 Å². The zero-order valence-corrected chi connectivity index (χ0v) is 13.8. The van der Waals surface area contributed by atoms with Crippen molar-refractivity contribution in [1.29, 1.82) is 0 Å². The summed E-state index contributed by atoms with van der Waals surface area (Å²) in [6.07, 6.45) is 2.40. The SMILES string of the molecule is Cc1nc(-c2ccc(OCc3ccccc3)cc2)c(N)n1C1CC1. The molecule has 4 rings (SSSR count). The number of aryl methyl sites for hydroxylation is 1. The number of anilines is 1. The lowest BCUT2D eigenvalue weighted by atomic mass is 10.1. The van der Waals surface area contributed by atoms with Crippen LogP contribution < -0.4 is 10.5 Å². The van der Waals surface area contributed by atoms with Crippen molar-refractivity contribution < 1.29 is 4.74 Å². The largest absolute Gasteiger partial charge is 0.489 e. The van der Waals surface area contributed by atoms with Crippen molar-refractivity contribution in [2.45, 2.75) is 32.4 Å². The minimum Gasteiger partial charge on any atom is -0.489 e. The molecule has 0 radical (unpaired) electrons. The van der Waals surface area contributed by atoms with Gasteiger partial charge in [-0.2, -0.15) is 0 Å². The molecule has 122 valence electrons. The molecule has 1 aromatic heterocycles. The van der Waals surface area contributed by atoms with Gasteiger partial charge in [-0.25, -0.2) is 4.98 Å². The van der Waals surface area contributed by atoms with Gasteiger partial charge in [0.05, 0.1) is 0 Å². The van der Waals surface area contributed by atoms with Crippen LogP contribution in [0.5, 0.6) is 5.75 Å². The highest BCUT2D eigenvalue weighted by atomic mass is 16.5. The lowest BCUT2D eigenvalue weighted by molar-refractivity contribution is 0.306. The predicted octanol–water partition coefficient (Wildman–Crippen LogP) is 4.35. The van der Waals surface area contributed by atoms with Crippen LogP contribution in [0.1, 0.15) is 30.3 Å². The van der Waals surface area contributed by atoms with Gasteiger partial charge < -0.3 is 15.0 Å². The van der Waals surface area contributed by atoms with Crippen molar-refractivity contribution in [3.63, 3.8) is 0 Å². The molecule has 0 amide bonds. The maximum Gasteiger partial charge on any atom is 0.131 e. The van der Waals surface area contributed by atoms with Crippen LogP contribution in [0.4, 0.5) is 5.82 Å². The van der Waals surface area contributed by atoms with Crippen molar-refractivity contribution in [1.82, 2.24) is 9.55 Å². The van der Waals surface area contributed by atoms with Crippen molar-refractivity contribution in [2.75, 3.05) is 5.73 Å². The second-order valence-corrected chi connectivity index (χ2v) is 6.29. The standard InChI is InChI=1S/C20H21N3O/c1-14-22-19(20(21)23(14)17-9-10-17)16-7-11-18(12-8-16)24-13-15-5-3-2-4-6-15/h2-8,11-12,17H,9-10,13,21H2,1H3. The van der Waals surface area contributed by atoms with Crippen molar-refractivity contribution in [3.05, 3.63) is 66.0 Å². The Bertz CT molecular complexity index is 833. The molecule has 3 aromatic rings. The Morgan fingerprint density at radius 2 is 1.79 bits per heavy atom. The highest BCUT2D eigenvalue weighted by Gasteiger charge is 2.28. The Labute approximate surface area is 141 Å². The summed E-state index contributed by atoms with van der Waals surface area (Å²) in [5, 5.41) is 0. The Hall–Kier alpha value is -2.75. The second-order valence-electron chi connectivity index (χ2n) is 6.29. The van der Waals surface area contributed by atoms with Crippen LogP contribution in [-0.2, 0) is 6.61 Å². The molecule has 1 fully saturated rings. The number of nitrogens with zero attached hydrogens (tertiary/aromatic N) is 2. The molecule has 0 bridgehead atoms. The molecular formula is C20H21N3O. The average molecular weight is 319 g/mol. The Kier molecular flexibility index (Phi) is 3.73. The van der Waals surface area contributed by atoms with E-state index < -0.39 is 0 Å². The number of ether oxygens (including phenoxy) is 1. The van der Waals surface area contributed by atoms with Crippen LogP contribution in [-0.4, -0.2) is 9.55 Å². The maximum absolute atomic E-state index is 6.32. The molecule has 24 heavy (non-hydrogen) atoms. The highest BCUT2D eigenvalue weighted by molar-refractivity contribution is 5.71. The molecule has 1 aliphatic rings. The van der Waals surface area contributed by atoms with E-state index in [1.807, 2.05) is 49.4 Å². The molecule has 0 spiro atoms. The first-order valence-corrected chi connectivity index (χ1v) is 8.34. The topological polar surface area (TPSA) is 53.1 Å². The maximum atomic E-state index is 6.32. The van der Waals surface area contributed by atoms with Crippen LogP contribution in [0.15, 0.2) is 54.6 Å². The van der Waals surface area contributed by atoms with Gasteiger partial charge in [0, 0.05) is 11.6 Å². The zero-order chi connectivity index (χ0) is 16.5. The number of hydrogen-bond donors (Lipinski definition) is 1. The first kappa shape index (κ1) is 14.8. The Morgan fingerprint density at radius 3 is 2.46 bits per heavy atom. The summed E-state index contributed by atoms with van der Waals surface area (Å²) in [4.78, 5) is 4.66. The lowest BCUT2D eigenvalue weighted by Crippen LogP contribution is -2.02. The number of benzene rings is 2. The van der Waals surface area contributed by atoms with Gasteiger partial charge >= 0.3 is 0 Å². The van der Waals surface area contributed by atoms with Crippen molar-refractivity contribution in [2.24, 2.45) is 0 Å². The third-order valence-electron chi connectivity index (χ3n) is 4.41. The first-order valence-electron chi connectivity index (χ1n) is 8.34. The number of nitrogen functional groups attached to an aromatic ring is 1. The smallest absolute Gasteiger partial charge is 0.131 e. The molecule has 1 aliphatic carbocycles. The molecule has 1 saturated carbocycles. The molecule has 0 unspecified atom stereocenters. The summed E-state index contributed by atoms with van der Waals surface area (Å²) in [7, 11) is 0. The Balaban J connectivity index is 1.51. The van der Waals surface area contributed by atoms with E-state index in [-0.39, 0.29) is 0 Å². The highest BCUT2D eigenvalue weighted by Crippen LogP contribution is 2.40. The van der Waals surface area contributed by atoms with E-state index in [1.54, 1.807) is 0 Å². The summed E-state index contributed by atoms with van der Waals surface area (Å²) in [6, 6.07) is 18.7. The molecule has 2 N–H and O–H groups in total. The molecule has 0 atom stereocenters. The minimum absolute atomic E-state index is 0.541. The molecule has 2 aromatic carbocycles. The van der Waals surface area contributed by atoms with Crippen LogP contribution in [0.3, 0.4) is 0 Å². The quantitative estimate of drug-likeness (QED) is 0.760. The minimum atomic E-state index is 0.541. The normalized spacial score (nSPS) is 13.9. The number of imidazole rings is 1. The van der Waals surface area contributed by atoms with Crippen LogP contribution >= 0.6 is 0 Å². The zero-order valence-electron chi connectivity index (χ0n) is 13.8.